The first kappa shape index (κ1) is 15.1. The fourth-order valence-electron chi connectivity index (χ4n) is 2.16. The molecule has 1 aliphatic rings. The fraction of sp³-hybridized carbons (Fsp3) is 0.529. The highest BCUT2D eigenvalue weighted by Crippen LogP contribution is 2.27. The number of unbranched alkanes of at least 4 members (excludes halogenated alkanes) is 1. The molecule has 0 amide bonds. The third-order valence-corrected chi connectivity index (χ3v) is 3.25. The van der Waals surface area contributed by atoms with Gasteiger partial charge in [-0.15, -0.1) is 0 Å². The predicted octanol–water partition coefficient (Wildman–Crippen LogP) is 4.10. The van der Waals surface area contributed by atoms with Crippen LogP contribution in [0.25, 0.3) is 0 Å². The Bertz CT molecular complexity index is 403. The molecule has 0 N–H and O–H groups in total. The van der Waals surface area contributed by atoms with E-state index in [1.165, 1.54) is 6.42 Å². The summed E-state index contributed by atoms with van der Waals surface area (Å²) >= 11 is 0. The van der Waals surface area contributed by atoms with Crippen LogP contribution in [0.3, 0.4) is 0 Å². The molecule has 1 saturated heterocycles. The third-order valence-electron chi connectivity index (χ3n) is 3.25. The summed E-state index contributed by atoms with van der Waals surface area (Å²) in [6.07, 6.45) is 6.48. The highest BCUT2D eigenvalue weighted by atomic mass is 16.7. The minimum atomic E-state index is -0.249. The summed E-state index contributed by atoms with van der Waals surface area (Å²) in [6.45, 7) is 6.28. The van der Waals surface area contributed by atoms with Crippen LogP contribution in [0.4, 0.5) is 0 Å². The zero-order valence-electron chi connectivity index (χ0n) is 12.4. The fourth-order valence-corrected chi connectivity index (χ4v) is 2.16. The van der Waals surface area contributed by atoms with Gasteiger partial charge in [-0.2, -0.15) is 0 Å². The van der Waals surface area contributed by atoms with Crippen molar-refractivity contribution in [1.29, 1.82) is 0 Å². The van der Waals surface area contributed by atoms with Gasteiger partial charge in [0.05, 0.1) is 19.8 Å². The van der Waals surface area contributed by atoms with Gasteiger partial charge >= 0.3 is 0 Å². The van der Waals surface area contributed by atoms with Gasteiger partial charge in [-0.3, -0.25) is 0 Å². The Morgan fingerprint density at radius 1 is 1.15 bits per heavy atom. The molecule has 1 aromatic carbocycles. The van der Waals surface area contributed by atoms with E-state index in [2.05, 4.69) is 19.1 Å². The summed E-state index contributed by atoms with van der Waals surface area (Å²) in [5.41, 5.74) is 1.05. The Labute approximate surface area is 121 Å². The zero-order valence-corrected chi connectivity index (χ0v) is 12.4. The molecular weight excluding hydrogens is 252 g/mol. The Kier molecular flexibility index (Phi) is 6.09. The van der Waals surface area contributed by atoms with E-state index in [9.17, 15) is 0 Å². The lowest BCUT2D eigenvalue weighted by Gasteiger charge is -2.28. The van der Waals surface area contributed by atoms with Crippen molar-refractivity contribution in [3.63, 3.8) is 0 Å². The molecule has 3 nitrogen and oxygen atoms in total. The summed E-state index contributed by atoms with van der Waals surface area (Å²) < 4.78 is 17.0. The van der Waals surface area contributed by atoms with E-state index in [0.29, 0.717) is 12.5 Å². The van der Waals surface area contributed by atoms with Gasteiger partial charge in [-0.25, -0.2) is 0 Å². The Hall–Kier alpha value is -1.32. The molecule has 20 heavy (non-hydrogen) atoms. The Morgan fingerprint density at radius 3 is 2.45 bits per heavy atom. The van der Waals surface area contributed by atoms with Crippen molar-refractivity contribution in [2.45, 2.75) is 33.0 Å². The van der Waals surface area contributed by atoms with Crippen molar-refractivity contribution >= 4 is 0 Å². The van der Waals surface area contributed by atoms with Crippen molar-refractivity contribution in [3.8, 4) is 5.75 Å². The molecule has 3 heteroatoms. The average molecular weight is 276 g/mol. The lowest BCUT2D eigenvalue weighted by molar-refractivity contribution is -0.197. The number of rotatable bonds is 6. The van der Waals surface area contributed by atoms with E-state index < -0.39 is 0 Å². The summed E-state index contributed by atoms with van der Waals surface area (Å²) in [4.78, 5) is 0. The molecule has 0 unspecified atom stereocenters. The average Bonchev–Trinajstić information content (AvgIpc) is 2.49. The second-order valence-electron chi connectivity index (χ2n) is 4.98. The molecule has 1 fully saturated rings. The molecule has 0 saturated carbocycles. The van der Waals surface area contributed by atoms with Gasteiger partial charge in [0.25, 0.3) is 0 Å². The van der Waals surface area contributed by atoms with Gasteiger partial charge in [0.2, 0.25) is 0 Å². The number of benzene rings is 1. The van der Waals surface area contributed by atoms with Gasteiger partial charge in [-0.05, 0) is 25.5 Å². The van der Waals surface area contributed by atoms with Crippen LogP contribution in [0.2, 0.25) is 0 Å². The van der Waals surface area contributed by atoms with Crippen LogP contribution in [-0.4, -0.2) is 19.8 Å². The Balaban J connectivity index is 1.83. The van der Waals surface area contributed by atoms with Gasteiger partial charge in [0.1, 0.15) is 5.75 Å². The highest BCUT2D eigenvalue weighted by Gasteiger charge is 2.21. The van der Waals surface area contributed by atoms with E-state index >= 15 is 0 Å². The maximum atomic E-state index is 5.79. The molecular formula is C17H24O3. The molecule has 0 radical (unpaired) electrons. The normalized spacial score (nSPS) is 23.1. The van der Waals surface area contributed by atoms with Crippen LogP contribution >= 0.6 is 0 Å². The van der Waals surface area contributed by atoms with Gasteiger partial charge < -0.3 is 14.2 Å². The summed E-state index contributed by atoms with van der Waals surface area (Å²) in [6, 6.07) is 7.92. The van der Waals surface area contributed by atoms with Gasteiger partial charge in [0.15, 0.2) is 6.29 Å². The van der Waals surface area contributed by atoms with E-state index in [-0.39, 0.29) is 6.29 Å². The van der Waals surface area contributed by atoms with Gasteiger partial charge in [0, 0.05) is 11.5 Å². The molecule has 1 aromatic rings. The number of hydrogen-bond acceptors (Lipinski definition) is 3. The summed E-state index contributed by atoms with van der Waals surface area (Å²) in [5.74, 6) is 1.26. The first-order valence-corrected chi connectivity index (χ1v) is 7.46. The maximum Gasteiger partial charge on any atom is 0.183 e. The standard InChI is InChI=1S/C17H24O3/c1-3-5-6-7-14-12-19-17(20-13-14)15-8-10-16(11-9-15)18-4-2/h6-11,14,17H,3-5,12-13H2,1-2H3/b7-6+. The third kappa shape index (κ3) is 4.36. The van der Waals surface area contributed by atoms with Crippen molar-refractivity contribution < 1.29 is 14.2 Å². The van der Waals surface area contributed by atoms with Crippen LogP contribution in [0.15, 0.2) is 36.4 Å². The smallest absolute Gasteiger partial charge is 0.183 e. The van der Waals surface area contributed by atoms with Crippen molar-refractivity contribution in [3.05, 3.63) is 42.0 Å². The highest BCUT2D eigenvalue weighted by molar-refractivity contribution is 5.28. The molecule has 0 aromatic heterocycles. The number of allylic oxidation sites excluding steroid dienone is 1. The van der Waals surface area contributed by atoms with Gasteiger partial charge in [-0.1, -0.05) is 37.6 Å². The zero-order chi connectivity index (χ0) is 14.2. The minimum Gasteiger partial charge on any atom is -0.494 e. The first-order chi connectivity index (χ1) is 9.83. The Morgan fingerprint density at radius 2 is 1.85 bits per heavy atom. The lowest BCUT2D eigenvalue weighted by Crippen LogP contribution is -2.25. The van der Waals surface area contributed by atoms with Crippen LogP contribution < -0.4 is 4.74 Å². The number of hydrogen-bond donors (Lipinski definition) is 0. The van der Waals surface area contributed by atoms with Crippen LogP contribution in [0.1, 0.15) is 38.5 Å². The topological polar surface area (TPSA) is 27.7 Å². The number of ether oxygens (including phenoxy) is 3. The summed E-state index contributed by atoms with van der Waals surface area (Å²) in [5, 5.41) is 0. The predicted molar refractivity (Wildman–Crippen MR) is 79.8 cm³/mol. The van der Waals surface area contributed by atoms with E-state index in [1.54, 1.807) is 0 Å². The molecule has 1 aliphatic heterocycles. The van der Waals surface area contributed by atoms with E-state index in [4.69, 9.17) is 14.2 Å². The monoisotopic (exact) mass is 276 g/mol. The van der Waals surface area contributed by atoms with Crippen molar-refractivity contribution in [2.24, 2.45) is 5.92 Å². The lowest BCUT2D eigenvalue weighted by atomic mass is 10.1. The largest absolute Gasteiger partial charge is 0.494 e. The van der Waals surface area contributed by atoms with E-state index in [1.807, 2.05) is 31.2 Å². The molecule has 1 heterocycles. The van der Waals surface area contributed by atoms with Crippen LogP contribution in [-0.2, 0) is 9.47 Å². The van der Waals surface area contributed by atoms with Crippen LogP contribution in [0.5, 0.6) is 5.75 Å². The SMILES string of the molecule is CCC/C=C/C1COC(c2ccc(OCC)cc2)OC1. The molecule has 110 valence electrons. The molecule has 0 bridgehead atoms. The maximum absolute atomic E-state index is 5.79. The quantitative estimate of drug-likeness (QED) is 0.732. The van der Waals surface area contributed by atoms with Crippen molar-refractivity contribution in [2.75, 3.05) is 19.8 Å². The molecule has 0 atom stereocenters. The second-order valence-corrected chi connectivity index (χ2v) is 4.98. The molecule has 0 spiro atoms. The van der Waals surface area contributed by atoms with E-state index in [0.717, 1.165) is 30.9 Å². The minimum absolute atomic E-state index is 0.249. The summed E-state index contributed by atoms with van der Waals surface area (Å²) in [7, 11) is 0. The second kappa shape index (κ2) is 8.08. The van der Waals surface area contributed by atoms with Crippen molar-refractivity contribution in [1.82, 2.24) is 0 Å². The molecule has 2 rings (SSSR count). The first-order valence-electron chi connectivity index (χ1n) is 7.46. The van der Waals surface area contributed by atoms with Crippen LogP contribution in [0, 0.1) is 5.92 Å². The molecule has 0 aliphatic carbocycles.